The second-order valence-electron chi connectivity index (χ2n) is 11.8. The summed E-state index contributed by atoms with van der Waals surface area (Å²) in [7, 11) is -0.569. The molecule has 2 aromatic heterocycles. The van der Waals surface area contributed by atoms with Crippen molar-refractivity contribution >= 4 is 15.9 Å². The van der Waals surface area contributed by atoms with E-state index < -0.39 is 16.1 Å². The average Bonchev–Trinajstić information content (AvgIpc) is 3.67. The van der Waals surface area contributed by atoms with Gasteiger partial charge in [0.05, 0.1) is 31.1 Å². The fourth-order valence-electron chi connectivity index (χ4n) is 6.35. The van der Waals surface area contributed by atoms with Crippen LogP contribution in [0.25, 0.3) is 11.3 Å². The van der Waals surface area contributed by atoms with E-state index in [1.165, 1.54) is 21.4 Å². The van der Waals surface area contributed by atoms with E-state index in [9.17, 15) is 18.0 Å². The summed E-state index contributed by atoms with van der Waals surface area (Å²) in [6.45, 7) is 3.68. The fraction of sp³-hybridized carbons (Fsp3) is 0.424. The SMILES string of the molecule is COCCOc1cccc(Cn2c(C(=O)N3CCNCC3)c(-c3ccccc3)n(C3CCCN(S(=O)(=O)c4cnn(C)c4)C3)c2=O)c1. The van der Waals surface area contributed by atoms with Gasteiger partial charge in [0.1, 0.15) is 22.9 Å². The minimum absolute atomic E-state index is 0.0884. The maximum Gasteiger partial charge on any atom is 0.329 e. The number of piperazine rings is 1. The number of sulfonamides is 1. The van der Waals surface area contributed by atoms with Crippen LogP contribution in [-0.4, -0.2) is 102 Å². The van der Waals surface area contributed by atoms with Crippen molar-refractivity contribution in [2.24, 2.45) is 7.05 Å². The van der Waals surface area contributed by atoms with Crippen molar-refractivity contribution in [1.29, 1.82) is 0 Å². The molecule has 2 aromatic carbocycles. The number of nitrogens with one attached hydrogen (secondary N) is 1. The molecular weight excluding hydrogens is 622 g/mol. The molecule has 4 heterocycles. The van der Waals surface area contributed by atoms with Gasteiger partial charge in [0.2, 0.25) is 10.0 Å². The summed E-state index contributed by atoms with van der Waals surface area (Å²) in [5.74, 6) is 0.401. The lowest BCUT2D eigenvalue weighted by atomic mass is 10.0. The normalized spacial score (nSPS) is 17.6. The standard InChI is InChI=1S/C33H41N7O6S/c1-36-24-29(21-35-36)47(43,44)38-15-7-11-27(23-38)40-30(26-9-4-3-5-10-26)31(32(41)37-16-13-34-14-17-37)39(33(40)42)22-25-8-6-12-28(20-25)46-19-18-45-2/h3-6,8-10,12,20-21,24,27,34H,7,11,13-19,22-23H2,1-2H3. The molecule has 0 saturated carbocycles. The number of aryl methyl sites for hydroxylation is 1. The zero-order chi connectivity index (χ0) is 33.0. The lowest BCUT2D eigenvalue weighted by molar-refractivity contribution is 0.0725. The van der Waals surface area contributed by atoms with E-state index in [0.29, 0.717) is 81.5 Å². The highest BCUT2D eigenvalue weighted by atomic mass is 32.2. The number of rotatable bonds is 11. The second kappa shape index (κ2) is 14.3. The highest BCUT2D eigenvalue weighted by Crippen LogP contribution is 2.33. The summed E-state index contributed by atoms with van der Waals surface area (Å²) in [6.07, 6.45) is 3.95. The van der Waals surface area contributed by atoms with Gasteiger partial charge in [-0.3, -0.25) is 18.6 Å². The van der Waals surface area contributed by atoms with Crippen LogP contribution < -0.4 is 15.7 Å². The third kappa shape index (κ3) is 6.91. The highest BCUT2D eigenvalue weighted by molar-refractivity contribution is 7.89. The van der Waals surface area contributed by atoms with Crippen molar-refractivity contribution in [3.05, 3.63) is 88.7 Å². The minimum Gasteiger partial charge on any atom is -0.491 e. The third-order valence-electron chi connectivity index (χ3n) is 8.66. The molecule has 0 aliphatic carbocycles. The van der Waals surface area contributed by atoms with Crippen LogP contribution in [0, 0.1) is 0 Å². The van der Waals surface area contributed by atoms with Gasteiger partial charge in [0, 0.05) is 65.2 Å². The molecule has 1 atom stereocenters. The van der Waals surface area contributed by atoms with Crippen LogP contribution in [0.4, 0.5) is 0 Å². The number of aromatic nitrogens is 4. The predicted octanol–water partition coefficient (Wildman–Crippen LogP) is 2.20. The first-order chi connectivity index (χ1) is 22.8. The Balaban J connectivity index is 1.47. The van der Waals surface area contributed by atoms with Gasteiger partial charge >= 0.3 is 5.69 Å². The van der Waals surface area contributed by atoms with Crippen molar-refractivity contribution in [2.45, 2.75) is 30.3 Å². The van der Waals surface area contributed by atoms with Crippen LogP contribution in [0.5, 0.6) is 5.75 Å². The molecule has 2 aliphatic rings. The molecule has 1 unspecified atom stereocenters. The highest BCUT2D eigenvalue weighted by Gasteiger charge is 2.37. The van der Waals surface area contributed by atoms with Gasteiger partial charge in [-0.15, -0.1) is 0 Å². The van der Waals surface area contributed by atoms with E-state index in [2.05, 4.69) is 10.4 Å². The van der Waals surface area contributed by atoms with Crippen molar-refractivity contribution in [1.82, 2.24) is 33.4 Å². The van der Waals surface area contributed by atoms with Crippen LogP contribution in [0.2, 0.25) is 0 Å². The molecule has 1 amide bonds. The number of nitrogens with zero attached hydrogens (tertiary/aromatic N) is 6. The van der Waals surface area contributed by atoms with E-state index in [0.717, 1.165) is 5.56 Å². The molecule has 2 aliphatic heterocycles. The Morgan fingerprint density at radius 3 is 2.55 bits per heavy atom. The zero-order valence-electron chi connectivity index (χ0n) is 26.7. The number of benzene rings is 2. The lowest BCUT2D eigenvalue weighted by Crippen LogP contribution is -2.47. The summed E-state index contributed by atoms with van der Waals surface area (Å²) in [6, 6.07) is 16.4. The Labute approximate surface area is 274 Å². The molecular formula is C33H41N7O6S. The molecule has 1 N–H and O–H groups in total. The van der Waals surface area contributed by atoms with Gasteiger partial charge in [-0.25, -0.2) is 13.2 Å². The summed E-state index contributed by atoms with van der Waals surface area (Å²) in [4.78, 5) is 31.1. The first-order valence-corrected chi connectivity index (χ1v) is 17.3. The molecule has 47 heavy (non-hydrogen) atoms. The summed E-state index contributed by atoms with van der Waals surface area (Å²) >= 11 is 0. The maximum atomic E-state index is 14.7. The average molecular weight is 664 g/mol. The second-order valence-corrected chi connectivity index (χ2v) is 13.8. The smallest absolute Gasteiger partial charge is 0.329 e. The monoisotopic (exact) mass is 663 g/mol. The summed E-state index contributed by atoms with van der Waals surface area (Å²) in [5, 5.41) is 7.35. The van der Waals surface area contributed by atoms with Crippen LogP contribution in [0.15, 0.2) is 76.7 Å². The minimum atomic E-state index is -3.85. The lowest BCUT2D eigenvalue weighted by Gasteiger charge is -2.33. The number of hydrogen-bond donors (Lipinski definition) is 1. The van der Waals surface area contributed by atoms with E-state index >= 15 is 0 Å². The fourth-order valence-corrected chi connectivity index (χ4v) is 7.85. The molecule has 0 spiro atoms. The van der Waals surface area contributed by atoms with Crippen molar-refractivity contribution < 1.29 is 22.7 Å². The first kappa shape index (κ1) is 32.7. The quantitative estimate of drug-likeness (QED) is 0.242. The van der Waals surface area contributed by atoms with E-state index in [1.54, 1.807) is 28.2 Å². The van der Waals surface area contributed by atoms with Gasteiger partial charge in [0.25, 0.3) is 5.91 Å². The van der Waals surface area contributed by atoms with Crippen LogP contribution >= 0.6 is 0 Å². The first-order valence-electron chi connectivity index (χ1n) is 15.9. The largest absolute Gasteiger partial charge is 0.491 e. The molecule has 13 nitrogen and oxygen atoms in total. The summed E-state index contributed by atoms with van der Waals surface area (Å²) < 4.78 is 44.4. The van der Waals surface area contributed by atoms with Crippen molar-refractivity contribution in [3.63, 3.8) is 0 Å². The Kier molecular flexibility index (Phi) is 9.92. The van der Waals surface area contributed by atoms with Crippen molar-refractivity contribution in [2.75, 3.05) is 59.6 Å². The number of amides is 1. The van der Waals surface area contributed by atoms with Crippen LogP contribution in [0.1, 0.15) is 34.9 Å². The number of imidazole rings is 1. The number of methoxy groups -OCH3 is 1. The predicted molar refractivity (Wildman–Crippen MR) is 176 cm³/mol. The van der Waals surface area contributed by atoms with Gasteiger partial charge < -0.3 is 19.7 Å². The van der Waals surface area contributed by atoms with Crippen LogP contribution in [0.3, 0.4) is 0 Å². The van der Waals surface area contributed by atoms with E-state index in [-0.39, 0.29) is 29.6 Å². The Morgan fingerprint density at radius 1 is 1.04 bits per heavy atom. The van der Waals surface area contributed by atoms with Gasteiger partial charge in [-0.2, -0.15) is 9.40 Å². The van der Waals surface area contributed by atoms with Gasteiger partial charge in [-0.05, 0) is 30.5 Å². The molecule has 2 fully saturated rings. The Morgan fingerprint density at radius 2 is 1.83 bits per heavy atom. The molecule has 6 rings (SSSR count). The Bertz CT molecular complexity index is 1860. The zero-order valence-corrected chi connectivity index (χ0v) is 27.6. The molecule has 0 radical (unpaired) electrons. The van der Waals surface area contributed by atoms with Gasteiger partial charge in [-0.1, -0.05) is 42.5 Å². The number of carbonyl (C=O) groups excluding carboxylic acids is 1. The maximum absolute atomic E-state index is 14.7. The number of hydrogen-bond acceptors (Lipinski definition) is 8. The third-order valence-corrected chi connectivity index (χ3v) is 10.5. The van der Waals surface area contributed by atoms with Gasteiger partial charge in [0.15, 0.2) is 0 Å². The summed E-state index contributed by atoms with van der Waals surface area (Å²) in [5.41, 5.74) is 1.93. The molecule has 2 saturated heterocycles. The number of carbonyl (C=O) groups is 1. The van der Waals surface area contributed by atoms with Crippen LogP contribution in [-0.2, 0) is 28.4 Å². The topological polar surface area (TPSA) is 133 Å². The number of ether oxygens (including phenoxy) is 2. The van der Waals surface area contributed by atoms with Crippen molar-refractivity contribution in [3.8, 4) is 17.0 Å². The van der Waals surface area contributed by atoms with E-state index in [4.69, 9.17) is 9.47 Å². The Hall–Kier alpha value is -4.24. The molecule has 4 aromatic rings. The van der Waals surface area contributed by atoms with E-state index in [1.807, 2.05) is 54.6 Å². The molecule has 250 valence electrons. The molecule has 14 heteroatoms. The molecule has 0 bridgehead atoms. The number of piperidine rings is 1.